The Hall–Kier alpha value is -2.63. The van der Waals surface area contributed by atoms with Crippen molar-refractivity contribution in [3.8, 4) is 5.75 Å². The Morgan fingerprint density at radius 1 is 1.03 bits per heavy atom. The van der Waals surface area contributed by atoms with Crippen molar-refractivity contribution < 1.29 is 9.90 Å². The average Bonchev–Trinajstić information content (AvgIpc) is 3.07. The van der Waals surface area contributed by atoms with Crippen molar-refractivity contribution in [2.45, 2.75) is 51.1 Å². The minimum atomic E-state index is 0.0347. The molecular weight excluding hydrogens is 422 g/mol. The molecule has 34 heavy (non-hydrogen) atoms. The summed E-state index contributed by atoms with van der Waals surface area (Å²) in [6.45, 7) is 11.8. The maximum Gasteiger partial charge on any atom is 0.253 e. The first-order valence-electron chi connectivity index (χ1n) is 12.9. The highest BCUT2D eigenvalue weighted by Gasteiger charge is 2.29. The van der Waals surface area contributed by atoms with E-state index in [0.717, 1.165) is 81.6 Å². The molecule has 0 spiro atoms. The van der Waals surface area contributed by atoms with Crippen molar-refractivity contribution in [2.24, 2.45) is 0 Å². The molecule has 4 rings (SSSR count). The molecular formula is C29H39N3O2. The third-order valence-corrected chi connectivity index (χ3v) is 7.44. The topological polar surface area (TPSA) is 47.0 Å². The fraction of sp³-hybridized carbons (Fsp3) is 0.483. The first kappa shape index (κ1) is 24.5. The van der Waals surface area contributed by atoms with Crippen LogP contribution in [0, 0.1) is 0 Å². The van der Waals surface area contributed by atoms with Crippen LogP contribution in [-0.2, 0) is 0 Å². The molecule has 2 aromatic carbocycles. The second-order valence-corrected chi connectivity index (χ2v) is 9.64. The highest BCUT2D eigenvalue weighted by Crippen LogP contribution is 2.32. The Labute approximate surface area is 204 Å². The van der Waals surface area contributed by atoms with E-state index in [0.29, 0.717) is 6.04 Å². The number of phenolic OH excluding ortho intramolecular Hbond substituents is 1. The zero-order chi connectivity index (χ0) is 23.9. The molecule has 2 aliphatic rings. The van der Waals surface area contributed by atoms with Crippen LogP contribution in [0.2, 0.25) is 0 Å². The number of amides is 1. The van der Waals surface area contributed by atoms with Gasteiger partial charge in [-0.1, -0.05) is 37.3 Å². The van der Waals surface area contributed by atoms with Crippen molar-refractivity contribution in [2.75, 3.05) is 39.3 Å². The minimum absolute atomic E-state index is 0.0347. The standard InChI is InChI=1S/C29H39N3O2/c1-3-16-30-20-21-31(19-15-26(30)4-2)28(25-9-8-10-27(33)22-25)23-11-13-24(14-12-23)29(34)32-17-6-5-7-18-32/h3,8-14,22,26,28,33H,1,4-7,15-21H2,2H3. The molecule has 1 amide bonds. The predicted molar refractivity (Wildman–Crippen MR) is 138 cm³/mol. The maximum absolute atomic E-state index is 13.0. The van der Waals surface area contributed by atoms with Gasteiger partial charge in [0.1, 0.15) is 5.75 Å². The number of piperidine rings is 1. The molecule has 2 atom stereocenters. The minimum Gasteiger partial charge on any atom is -0.508 e. The van der Waals surface area contributed by atoms with Crippen molar-refractivity contribution >= 4 is 5.91 Å². The summed E-state index contributed by atoms with van der Waals surface area (Å²) in [6.07, 6.45) is 7.65. The molecule has 2 heterocycles. The number of nitrogens with zero attached hydrogens (tertiary/aromatic N) is 3. The molecule has 0 aliphatic carbocycles. The summed E-state index contributed by atoms with van der Waals surface area (Å²) in [7, 11) is 0. The van der Waals surface area contributed by atoms with Gasteiger partial charge in [0.2, 0.25) is 0 Å². The summed E-state index contributed by atoms with van der Waals surface area (Å²) in [6, 6.07) is 16.4. The van der Waals surface area contributed by atoms with Gasteiger partial charge in [-0.2, -0.15) is 0 Å². The molecule has 0 radical (unpaired) electrons. The lowest BCUT2D eigenvalue weighted by Crippen LogP contribution is -2.37. The molecule has 0 aromatic heterocycles. The molecule has 2 aromatic rings. The third kappa shape index (κ3) is 5.70. The molecule has 5 heteroatoms. The van der Waals surface area contributed by atoms with E-state index in [-0.39, 0.29) is 17.7 Å². The quantitative estimate of drug-likeness (QED) is 0.584. The molecule has 2 fully saturated rings. The van der Waals surface area contributed by atoms with Crippen molar-refractivity contribution in [3.05, 3.63) is 77.9 Å². The smallest absolute Gasteiger partial charge is 0.253 e. The highest BCUT2D eigenvalue weighted by molar-refractivity contribution is 5.94. The Bertz CT molecular complexity index is 952. The van der Waals surface area contributed by atoms with Gasteiger partial charge in [0.15, 0.2) is 0 Å². The van der Waals surface area contributed by atoms with Gasteiger partial charge < -0.3 is 10.0 Å². The maximum atomic E-state index is 13.0. The lowest BCUT2D eigenvalue weighted by Gasteiger charge is -2.32. The SMILES string of the molecule is C=CCN1CCN(C(c2ccc(C(=O)N3CCCCC3)cc2)c2cccc(O)c2)CCC1CC. The Balaban J connectivity index is 1.60. The van der Waals surface area contributed by atoms with Gasteiger partial charge in [-0.15, -0.1) is 6.58 Å². The van der Waals surface area contributed by atoms with Crippen LogP contribution >= 0.6 is 0 Å². The summed E-state index contributed by atoms with van der Waals surface area (Å²) in [5.41, 5.74) is 3.01. The van der Waals surface area contributed by atoms with Crippen LogP contribution in [0.1, 0.15) is 66.6 Å². The Kier molecular flexibility index (Phi) is 8.41. The van der Waals surface area contributed by atoms with Gasteiger partial charge in [0, 0.05) is 50.9 Å². The van der Waals surface area contributed by atoms with Gasteiger partial charge in [-0.3, -0.25) is 14.6 Å². The second kappa shape index (κ2) is 11.7. The normalized spacial score (nSPS) is 21.1. The van der Waals surface area contributed by atoms with E-state index in [1.165, 1.54) is 6.42 Å². The van der Waals surface area contributed by atoms with E-state index in [1.54, 1.807) is 6.07 Å². The van der Waals surface area contributed by atoms with E-state index in [2.05, 4.69) is 41.5 Å². The summed E-state index contributed by atoms with van der Waals surface area (Å²) < 4.78 is 0. The molecule has 0 saturated carbocycles. The van der Waals surface area contributed by atoms with Crippen LogP contribution in [0.15, 0.2) is 61.2 Å². The largest absolute Gasteiger partial charge is 0.508 e. The lowest BCUT2D eigenvalue weighted by molar-refractivity contribution is 0.0724. The van der Waals surface area contributed by atoms with Crippen molar-refractivity contribution in [1.82, 2.24) is 14.7 Å². The molecule has 182 valence electrons. The monoisotopic (exact) mass is 461 g/mol. The Morgan fingerprint density at radius 2 is 1.79 bits per heavy atom. The fourth-order valence-corrected chi connectivity index (χ4v) is 5.57. The zero-order valence-corrected chi connectivity index (χ0v) is 20.5. The number of carbonyl (C=O) groups is 1. The van der Waals surface area contributed by atoms with Crippen molar-refractivity contribution in [3.63, 3.8) is 0 Å². The fourth-order valence-electron chi connectivity index (χ4n) is 5.57. The molecule has 0 bridgehead atoms. The average molecular weight is 462 g/mol. The van der Waals surface area contributed by atoms with E-state index in [9.17, 15) is 9.90 Å². The second-order valence-electron chi connectivity index (χ2n) is 9.64. The number of hydrogen-bond donors (Lipinski definition) is 1. The first-order valence-corrected chi connectivity index (χ1v) is 12.9. The lowest BCUT2D eigenvalue weighted by atomic mass is 9.95. The number of benzene rings is 2. The van der Waals surface area contributed by atoms with Crippen LogP contribution in [0.25, 0.3) is 0 Å². The third-order valence-electron chi connectivity index (χ3n) is 7.44. The first-order chi connectivity index (χ1) is 16.6. The number of likely N-dealkylation sites (tertiary alicyclic amines) is 1. The summed E-state index contributed by atoms with van der Waals surface area (Å²) in [5, 5.41) is 10.2. The number of carbonyl (C=O) groups excluding carboxylic acids is 1. The molecule has 2 aliphatic heterocycles. The van der Waals surface area contributed by atoms with Crippen LogP contribution in [-0.4, -0.2) is 71.0 Å². The van der Waals surface area contributed by atoms with Crippen LogP contribution in [0.3, 0.4) is 0 Å². The van der Waals surface area contributed by atoms with E-state index in [4.69, 9.17) is 0 Å². The highest BCUT2D eigenvalue weighted by atomic mass is 16.3. The number of aromatic hydroxyl groups is 1. The summed E-state index contributed by atoms with van der Waals surface area (Å²) in [4.78, 5) is 20.0. The molecule has 2 saturated heterocycles. The van der Waals surface area contributed by atoms with E-state index >= 15 is 0 Å². The number of phenols is 1. The van der Waals surface area contributed by atoms with E-state index in [1.807, 2.05) is 35.2 Å². The van der Waals surface area contributed by atoms with Gasteiger partial charge >= 0.3 is 0 Å². The van der Waals surface area contributed by atoms with Crippen LogP contribution in [0.5, 0.6) is 5.75 Å². The predicted octanol–water partition coefficient (Wildman–Crippen LogP) is 5.08. The number of hydrogen-bond acceptors (Lipinski definition) is 4. The number of rotatable bonds is 7. The van der Waals surface area contributed by atoms with Crippen molar-refractivity contribution in [1.29, 1.82) is 0 Å². The Morgan fingerprint density at radius 3 is 2.47 bits per heavy atom. The van der Waals surface area contributed by atoms with Crippen LogP contribution < -0.4 is 0 Å². The van der Waals surface area contributed by atoms with Gasteiger partial charge in [0.25, 0.3) is 5.91 Å². The zero-order valence-electron chi connectivity index (χ0n) is 20.5. The van der Waals surface area contributed by atoms with Gasteiger partial charge in [-0.05, 0) is 67.5 Å². The van der Waals surface area contributed by atoms with Gasteiger partial charge in [0.05, 0.1) is 6.04 Å². The van der Waals surface area contributed by atoms with E-state index < -0.39 is 0 Å². The van der Waals surface area contributed by atoms with Crippen LogP contribution in [0.4, 0.5) is 0 Å². The summed E-state index contributed by atoms with van der Waals surface area (Å²) in [5.74, 6) is 0.426. The molecule has 5 nitrogen and oxygen atoms in total. The summed E-state index contributed by atoms with van der Waals surface area (Å²) >= 11 is 0. The molecule has 2 unspecified atom stereocenters. The molecule has 1 N–H and O–H groups in total. The van der Waals surface area contributed by atoms with Gasteiger partial charge in [-0.25, -0.2) is 0 Å².